The number of nitrogen functional groups attached to an aromatic ring is 1. The summed E-state index contributed by atoms with van der Waals surface area (Å²) in [5, 5.41) is 10.5. The van der Waals surface area contributed by atoms with E-state index in [1.165, 1.54) is 0 Å². The Balaban J connectivity index is 1.77. The van der Waals surface area contributed by atoms with Crippen LogP contribution in [0, 0.1) is 5.92 Å². The maximum Gasteiger partial charge on any atom is 0.224 e. The van der Waals surface area contributed by atoms with Crippen LogP contribution in [0.3, 0.4) is 0 Å². The molecule has 19 heavy (non-hydrogen) atoms. The fourth-order valence-corrected chi connectivity index (χ4v) is 4.12. The normalized spacial score (nSPS) is 21.8. The highest BCUT2D eigenvalue weighted by atomic mass is 32.2. The summed E-state index contributed by atoms with van der Waals surface area (Å²) in [4.78, 5) is 8.13. The van der Waals surface area contributed by atoms with Crippen LogP contribution in [0.5, 0.6) is 0 Å². The van der Waals surface area contributed by atoms with Gasteiger partial charge in [-0.25, -0.2) is 8.42 Å². The van der Waals surface area contributed by atoms with Gasteiger partial charge in [0.25, 0.3) is 0 Å². The highest BCUT2D eigenvalue weighted by Crippen LogP contribution is 2.22. The van der Waals surface area contributed by atoms with E-state index >= 15 is 0 Å². The molecule has 3 rings (SSSR count). The summed E-state index contributed by atoms with van der Waals surface area (Å²) >= 11 is 0. The van der Waals surface area contributed by atoms with Crippen molar-refractivity contribution in [2.24, 2.45) is 5.92 Å². The lowest BCUT2D eigenvalue weighted by Gasteiger charge is -2.10. The third kappa shape index (κ3) is 2.46. The average Bonchev–Trinajstić information content (AvgIpc) is 2.92. The third-order valence-corrected chi connectivity index (χ3v) is 5.05. The second kappa shape index (κ2) is 4.34. The molecule has 2 aromatic heterocycles. The van der Waals surface area contributed by atoms with Gasteiger partial charge in [-0.1, -0.05) is 0 Å². The number of anilines is 2. The molecule has 0 spiro atoms. The molecule has 1 aliphatic heterocycles. The molecule has 0 aromatic carbocycles. The van der Waals surface area contributed by atoms with E-state index in [-0.39, 0.29) is 23.4 Å². The van der Waals surface area contributed by atoms with E-state index < -0.39 is 9.84 Å². The summed E-state index contributed by atoms with van der Waals surface area (Å²) in [6.45, 7) is 0.552. The Morgan fingerprint density at radius 3 is 3.05 bits per heavy atom. The first-order valence-electron chi connectivity index (χ1n) is 5.94. The van der Waals surface area contributed by atoms with Crippen LogP contribution in [0.4, 0.5) is 11.8 Å². The van der Waals surface area contributed by atoms with Gasteiger partial charge in [0.05, 0.1) is 23.1 Å². The molecule has 8 nitrogen and oxygen atoms in total. The Bertz CT molecular complexity index is 710. The van der Waals surface area contributed by atoms with Crippen LogP contribution in [-0.4, -0.2) is 46.6 Å². The molecule has 0 saturated carbocycles. The van der Waals surface area contributed by atoms with Crippen molar-refractivity contribution in [2.75, 3.05) is 29.1 Å². The average molecular weight is 282 g/mol. The predicted octanol–water partition coefficient (Wildman–Crippen LogP) is -0.218. The van der Waals surface area contributed by atoms with Crippen molar-refractivity contribution in [3.05, 3.63) is 6.20 Å². The van der Waals surface area contributed by atoms with Crippen molar-refractivity contribution in [1.29, 1.82) is 0 Å². The molecule has 0 bridgehead atoms. The number of aromatic amines is 1. The van der Waals surface area contributed by atoms with Gasteiger partial charge in [-0.2, -0.15) is 15.1 Å². The van der Waals surface area contributed by atoms with E-state index in [9.17, 15) is 8.42 Å². The lowest BCUT2D eigenvalue weighted by Crippen LogP contribution is -2.16. The van der Waals surface area contributed by atoms with Crippen molar-refractivity contribution >= 4 is 32.6 Å². The summed E-state index contributed by atoms with van der Waals surface area (Å²) in [5.41, 5.74) is 6.17. The van der Waals surface area contributed by atoms with Gasteiger partial charge < -0.3 is 11.1 Å². The van der Waals surface area contributed by atoms with Gasteiger partial charge >= 0.3 is 0 Å². The molecule has 0 aliphatic carbocycles. The number of nitrogens with one attached hydrogen (secondary N) is 2. The Hall–Kier alpha value is -1.90. The maximum absolute atomic E-state index is 11.4. The molecule has 1 atom stereocenters. The summed E-state index contributed by atoms with van der Waals surface area (Å²) in [6.07, 6.45) is 2.30. The van der Waals surface area contributed by atoms with E-state index in [1.807, 2.05) is 0 Å². The summed E-state index contributed by atoms with van der Waals surface area (Å²) in [5.74, 6) is 1.35. The molecule has 2 aromatic rings. The highest BCUT2D eigenvalue weighted by molar-refractivity contribution is 7.91. The molecular formula is C10H14N6O2S. The molecular weight excluding hydrogens is 268 g/mol. The molecule has 1 unspecified atom stereocenters. The number of nitrogens with zero attached hydrogens (tertiary/aromatic N) is 3. The monoisotopic (exact) mass is 282 g/mol. The number of hydrogen-bond acceptors (Lipinski definition) is 7. The number of hydrogen-bond donors (Lipinski definition) is 3. The Kier molecular flexibility index (Phi) is 2.77. The summed E-state index contributed by atoms with van der Waals surface area (Å²) in [7, 11) is -2.86. The Morgan fingerprint density at radius 2 is 2.32 bits per heavy atom. The molecule has 102 valence electrons. The number of nitrogens with two attached hydrogens (primary N) is 1. The zero-order valence-electron chi connectivity index (χ0n) is 10.1. The van der Waals surface area contributed by atoms with Crippen LogP contribution in [-0.2, 0) is 9.84 Å². The van der Waals surface area contributed by atoms with Crippen LogP contribution >= 0.6 is 0 Å². The zero-order valence-corrected chi connectivity index (χ0v) is 10.9. The van der Waals surface area contributed by atoms with E-state index in [1.54, 1.807) is 6.20 Å². The Morgan fingerprint density at radius 1 is 1.47 bits per heavy atom. The van der Waals surface area contributed by atoms with Crippen LogP contribution in [0.1, 0.15) is 6.42 Å². The minimum Gasteiger partial charge on any atom is -0.369 e. The molecule has 1 aliphatic rings. The van der Waals surface area contributed by atoms with E-state index in [2.05, 4.69) is 25.5 Å². The molecule has 3 heterocycles. The van der Waals surface area contributed by atoms with Gasteiger partial charge in [-0.3, -0.25) is 5.10 Å². The van der Waals surface area contributed by atoms with E-state index in [0.29, 0.717) is 24.4 Å². The van der Waals surface area contributed by atoms with Crippen molar-refractivity contribution in [2.45, 2.75) is 6.42 Å². The van der Waals surface area contributed by atoms with Gasteiger partial charge in [0.15, 0.2) is 15.5 Å². The molecule has 0 radical (unpaired) electrons. The first-order valence-corrected chi connectivity index (χ1v) is 7.76. The van der Waals surface area contributed by atoms with Gasteiger partial charge in [-0.05, 0) is 12.3 Å². The van der Waals surface area contributed by atoms with Crippen LogP contribution < -0.4 is 11.1 Å². The lowest BCUT2D eigenvalue weighted by atomic mass is 10.1. The SMILES string of the molecule is Nc1nc(NCC2CCS(=O)(=O)C2)c2cn[nH]c2n1. The van der Waals surface area contributed by atoms with Crippen molar-refractivity contribution in [3.8, 4) is 0 Å². The highest BCUT2D eigenvalue weighted by Gasteiger charge is 2.27. The van der Waals surface area contributed by atoms with Gasteiger partial charge in [-0.15, -0.1) is 0 Å². The van der Waals surface area contributed by atoms with Crippen molar-refractivity contribution in [3.63, 3.8) is 0 Å². The molecule has 1 fully saturated rings. The third-order valence-electron chi connectivity index (χ3n) is 3.21. The fraction of sp³-hybridized carbons (Fsp3) is 0.500. The lowest BCUT2D eigenvalue weighted by molar-refractivity contribution is 0.596. The smallest absolute Gasteiger partial charge is 0.224 e. The number of sulfone groups is 1. The quantitative estimate of drug-likeness (QED) is 0.710. The van der Waals surface area contributed by atoms with Gasteiger partial charge in [0.1, 0.15) is 5.82 Å². The van der Waals surface area contributed by atoms with Gasteiger partial charge in [0.2, 0.25) is 5.95 Å². The number of aromatic nitrogens is 4. The topological polar surface area (TPSA) is 127 Å². The standard InChI is InChI=1S/C10H14N6O2S/c11-10-14-8(7-4-13-16-9(7)15-10)12-3-6-1-2-19(17,18)5-6/h4,6H,1-3,5H2,(H4,11,12,13,14,15,16). The molecule has 4 N–H and O–H groups in total. The summed E-state index contributed by atoms with van der Waals surface area (Å²) < 4.78 is 22.8. The van der Waals surface area contributed by atoms with Gasteiger partial charge in [0, 0.05) is 6.54 Å². The largest absolute Gasteiger partial charge is 0.369 e. The molecule has 9 heteroatoms. The van der Waals surface area contributed by atoms with Crippen LogP contribution in [0.15, 0.2) is 6.20 Å². The van der Waals surface area contributed by atoms with E-state index in [4.69, 9.17) is 5.73 Å². The fourth-order valence-electron chi connectivity index (χ4n) is 2.26. The maximum atomic E-state index is 11.4. The first-order chi connectivity index (χ1) is 9.03. The number of fused-ring (bicyclic) bond motifs is 1. The van der Waals surface area contributed by atoms with Crippen LogP contribution in [0.25, 0.3) is 11.0 Å². The molecule has 1 saturated heterocycles. The second-order valence-electron chi connectivity index (χ2n) is 4.71. The van der Waals surface area contributed by atoms with Crippen molar-refractivity contribution < 1.29 is 8.42 Å². The molecule has 0 amide bonds. The van der Waals surface area contributed by atoms with Crippen molar-refractivity contribution in [1.82, 2.24) is 20.2 Å². The summed E-state index contributed by atoms with van der Waals surface area (Å²) in [6, 6.07) is 0. The zero-order chi connectivity index (χ0) is 13.5. The number of rotatable bonds is 3. The first kappa shape index (κ1) is 12.2. The van der Waals surface area contributed by atoms with Crippen LogP contribution in [0.2, 0.25) is 0 Å². The van der Waals surface area contributed by atoms with E-state index in [0.717, 1.165) is 5.39 Å². The predicted molar refractivity (Wildman–Crippen MR) is 71.3 cm³/mol. The minimum absolute atomic E-state index is 0.114. The Labute approximate surface area is 109 Å². The second-order valence-corrected chi connectivity index (χ2v) is 6.94. The minimum atomic E-state index is -2.86. The number of H-pyrrole nitrogens is 1.